The number of piperidine rings is 1. The van der Waals surface area contributed by atoms with Gasteiger partial charge in [-0.05, 0) is 48.6 Å². The zero-order chi connectivity index (χ0) is 22.7. The molecule has 2 aliphatic rings. The fraction of sp³-hybridized carbons (Fsp3) is 0.455. The Morgan fingerprint density at radius 2 is 1.72 bits per heavy atom. The fourth-order valence-electron chi connectivity index (χ4n) is 4.22. The average molecular weight is 478 g/mol. The highest BCUT2D eigenvalue weighted by atomic mass is 32.2. The lowest BCUT2D eigenvalue weighted by Crippen LogP contribution is -2.54. The molecule has 4 rings (SSSR count). The van der Waals surface area contributed by atoms with Gasteiger partial charge in [0.1, 0.15) is 5.75 Å². The first-order chi connectivity index (χ1) is 15.4. The minimum Gasteiger partial charge on any atom is -0.497 e. The maximum Gasteiger partial charge on any atom is 0.263 e. The number of ether oxygens (including phenoxy) is 1. The number of piperazine rings is 1. The number of nitrogens with zero attached hydrogens (tertiary/aromatic N) is 3. The number of amides is 2. The van der Waals surface area contributed by atoms with Crippen LogP contribution in [0.1, 0.15) is 22.5 Å². The van der Waals surface area contributed by atoms with Crippen LogP contribution in [0.5, 0.6) is 5.75 Å². The van der Waals surface area contributed by atoms with Crippen LogP contribution in [-0.2, 0) is 14.8 Å². The molecule has 0 saturated carbocycles. The third-order valence-corrected chi connectivity index (χ3v) is 8.81. The van der Waals surface area contributed by atoms with Gasteiger partial charge in [0, 0.05) is 39.3 Å². The second-order valence-corrected chi connectivity index (χ2v) is 10.9. The smallest absolute Gasteiger partial charge is 0.263 e. The van der Waals surface area contributed by atoms with E-state index in [4.69, 9.17) is 4.74 Å². The van der Waals surface area contributed by atoms with Crippen LogP contribution in [0.2, 0.25) is 0 Å². The Morgan fingerprint density at radius 1 is 1.00 bits per heavy atom. The molecule has 2 fully saturated rings. The molecule has 32 heavy (non-hydrogen) atoms. The SMILES string of the molecule is COc1ccc(S(=O)(=O)N2CCN(C(=O)[C@@H]3CCCN(C(=O)c4cccs4)C3)CC2)cc1. The number of sulfonamides is 1. The third-order valence-electron chi connectivity index (χ3n) is 6.04. The second kappa shape index (κ2) is 9.60. The number of benzene rings is 1. The van der Waals surface area contributed by atoms with Crippen LogP contribution in [0.15, 0.2) is 46.7 Å². The minimum absolute atomic E-state index is 0.00942. The van der Waals surface area contributed by atoms with Crippen molar-refractivity contribution >= 4 is 33.2 Å². The van der Waals surface area contributed by atoms with Crippen LogP contribution in [0.4, 0.5) is 0 Å². The molecular formula is C22H27N3O5S2. The van der Waals surface area contributed by atoms with Gasteiger partial charge in [-0.25, -0.2) is 8.42 Å². The van der Waals surface area contributed by atoms with Crippen molar-refractivity contribution < 1.29 is 22.7 Å². The van der Waals surface area contributed by atoms with Gasteiger partial charge in [0.25, 0.3) is 5.91 Å². The summed E-state index contributed by atoms with van der Waals surface area (Å²) in [5.74, 6) is 0.346. The monoisotopic (exact) mass is 477 g/mol. The third kappa shape index (κ3) is 4.67. The molecule has 0 spiro atoms. The van der Waals surface area contributed by atoms with E-state index in [0.29, 0.717) is 36.8 Å². The maximum absolute atomic E-state index is 13.1. The maximum atomic E-state index is 13.1. The van der Waals surface area contributed by atoms with Gasteiger partial charge in [0.05, 0.1) is 22.8 Å². The number of hydrogen-bond acceptors (Lipinski definition) is 6. The van der Waals surface area contributed by atoms with Gasteiger partial charge in [0.15, 0.2) is 0 Å². The highest BCUT2D eigenvalue weighted by Crippen LogP contribution is 2.24. The number of carbonyl (C=O) groups is 2. The van der Waals surface area contributed by atoms with Crippen molar-refractivity contribution in [3.05, 3.63) is 46.7 Å². The summed E-state index contributed by atoms with van der Waals surface area (Å²) < 4.78 is 32.4. The van der Waals surface area contributed by atoms with E-state index in [1.54, 1.807) is 28.0 Å². The first-order valence-electron chi connectivity index (χ1n) is 10.7. The van der Waals surface area contributed by atoms with Gasteiger partial charge in [-0.2, -0.15) is 4.31 Å². The molecule has 1 aromatic carbocycles. The van der Waals surface area contributed by atoms with E-state index in [2.05, 4.69) is 0 Å². The lowest BCUT2D eigenvalue weighted by molar-refractivity contribution is -0.138. The largest absolute Gasteiger partial charge is 0.497 e. The molecule has 1 atom stereocenters. The Balaban J connectivity index is 1.35. The molecule has 2 amide bonds. The summed E-state index contributed by atoms with van der Waals surface area (Å²) in [6.07, 6.45) is 1.54. The molecule has 8 nitrogen and oxygen atoms in total. The zero-order valence-corrected chi connectivity index (χ0v) is 19.6. The van der Waals surface area contributed by atoms with Crippen LogP contribution in [0.25, 0.3) is 0 Å². The van der Waals surface area contributed by atoms with Crippen LogP contribution in [0, 0.1) is 5.92 Å². The number of carbonyl (C=O) groups excluding carboxylic acids is 2. The average Bonchev–Trinajstić information content (AvgIpc) is 3.38. The van der Waals surface area contributed by atoms with E-state index >= 15 is 0 Å². The van der Waals surface area contributed by atoms with Gasteiger partial charge in [0.2, 0.25) is 15.9 Å². The Labute approximate surface area is 192 Å². The van der Waals surface area contributed by atoms with Crippen molar-refractivity contribution in [3.63, 3.8) is 0 Å². The van der Waals surface area contributed by atoms with Gasteiger partial charge in [-0.15, -0.1) is 11.3 Å². The van der Waals surface area contributed by atoms with Gasteiger partial charge in [-0.1, -0.05) is 6.07 Å². The normalized spacial score (nSPS) is 20.2. The molecule has 0 N–H and O–H groups in total. The van der Waals surface area contributed by atoms with Gasteiger partial charge in [-0.3, -0.25) is 9.59 Å². The quantitative estimate of drug-likeness (QED) is 0.659. The first kappa shape index (κ1) is 22.8. The number of likely N-dealkylation sites (tertiary alicyclic amines) is 1. The van der Waals surface area contributed by atoms with Crippen molar-refractivity contribution in [1.29, 1.82) is 0 Å². The molecule has 3 heterocycles. The highest BCUT2D eigenvalue weighted by molar-refractivity contribution is 7.89. The first-order valence-corrected chi connectivity index (χ1v) is 13.0. The van der Waals surface area contributed by atoms with Crippen LogP contribution < -0.4 is 4.74 Å². The molecule has 10 heteroatoms. The summed E-state index contributed by atoms with van der Waals surface area (Å²) in [6, 6.07) is 9.97. The lowest BCUT2D eigenvalue weighted by atomic mass is 9.96. The van der Waals surface area contributed by atoms with Crippen LogP contribution in [0.3, 0.4) is 0 Å². The Morgan fingerprint density at radius 3 is 2.34 bits per heavy atom. The molecular weight excluding hydrogens is 450 g/mol. The van der Waals surface area contributed by atoms with E-state index in [0.717, 1.165) is 12.8 Å². The van der Waals surface area contributed by atoms with E-state index < -0.39 is 10.0 Å². The number of thiophene rings is 1. The van der Waals surface area contributed by atoms with Gasteiger partial charge < -0.3 is 14.5 Å². The van der Waals surface area contributed by atoms with Crippen molar-refractivity contribution in [3.8, 4) is 5.75 Å². The Hall–Kier alpha value is -2.43. The number of rotatable bonds is 5. The summed E-state index contributed by atoms with van der Waals surface area (Å²) in [5, 5.41) is 1.87. The molecule has 0 radical (unpaired) electrons. The van der Waals surface area contributed by atoms with Crippen molar-refractivity contribution in [2.45, 2.75) is 17.7 Å². The fourth-order valence-corrected chi connectivity index (χ4v) is 6.34. The van der Waals surface area contributed by atoms with Gasteiger partial charge >= 0.3 is 0 Å². The molecule has 0 bridgehead atoms. The summed E-state index contributed by atoms with van der Waals surface area (Å²) in [4.78, 5) is 30.2. The second-order valence-electron chi connectivity index (χ2n) is 7.97. The molecule has 0 aliphatic carbocycles. The van der Waals surface area contributed by atoms with Crippen molar-refractivity contribution in [2.75, 3.05) is 46.4 Å². The predicted octanol–water partition coefficient (Wildman–Crippen LogP) is 2.14. The molecule has 2 aromatic rings. The number of hydrogen-bond donors (Lipinski definition) is 0. The predicted molar refractivity (Wildman–Crippen MR) is 121 cm³/mol. The summed E-state index contributed by atoms with van der Waals surface area (Å²) in [6.45, 7) is 2.29. The van der Waals surface area contributed by atoms with E-state index in [9.17, 15) is 18.0 Å². The van der Waals surface area contributed by atoms with E-state index in [1.807, 2.05) is 11.4 Å². The lowest BCUT2D eigenvalue weighted by Gasteiger charge is -2.38. The molecule has 2 aliphatic heterocycles. The van der Waals surface area contributed by atoms with E-state index in [-0.39, 0.29) is 35.7 Å². The minimum atomic E-state index is -3.62. The topological polar surface area (TPSA) is 87.2 Å². The number of methoxy groups -OCH3 is 1. The summed E-state index contributed by atoms with van der Waals surface area (Å²) >= 11 is 1.41. The van der Waals surface area contributed by atoms with Crippen LogP contribution >= 0.6 is 11.3 Å². The zero-order valence-electron chi connectivity index (χ0n) is 18.0. The summed E-state index contributed by atoms with van der Waals surface area (Å²) in [5.41, 5.74) is 0. The van der Waals surface area contributed by atoms with Crippen LogP contribution in [-0.4, -0.2) is 80.7 Å². The highest BCUT2D eigenvalue weighted by Gasteiger charge is 2.35. The van der Waals surface area contributed by atoms with Crippen molar-refractivity contribution in [1.82, 2.24) is 14.1 Å². The summed E-state index contributed by atoms with van der Waals surface area (Å²) in [7, 11) is -2.09. The Kier molecular flexibility index (Phi) is 6.82. The molecule has 2 saturated heterocycles. The molecule has 172 valence electrons. The Bertz CT molecular complexity index is 1050. The standard InChI is InChI=1S/C22H27N3O5S2/c1-30-18-6-8-19(9-7-18)32(28,29)25-13-11-23(12-14-25)21(26)17-4-2-10-24(16-17)22(27)20-5-3-15-31-20/h3,5-9,15,17H,2,4,10-14,16H2,1H3/t17-/m1/s1. The van der Waals surface area contributed by atoms with E-state index in [1.165, 1.54) is 34.9 Å². The van der Waals surface area contributed by atoms with Crippen molar-refractivity contribution in [2.24, 2.45) is 5.92 Å². The molecule has 1 aromatic heterocycles. The molecule has 0 unspecified atom stereocenters.